The Hall–Kier alpha value is -1.69. The van der Waals surface area contributed by atoms with Crippen molar-refractivity contribution in [3.8, 4) is 5.75 Å². The second-order valence-electron chi connectivity index (χ2n) is 4.22. The van der Waals surface area contributed by atoms with E-state index in [0.29, 0.717) is 16.7 Å². The topological polar surface area (TPSA) is 57.0 Å². The van der Waals surface area contributed by atoms with Crippen LogP contribution in [0.3, 0.4) is 0 Å². The van der Waals surface area contributed by atoms with Gasteiger partial charge < -0.3 is 4.74 Å². The van der Waals surface area contributed by atoms with Gasteiger partial charge in [-0.2, -0.15) is 0 Å². The first kappa shape index (κ1) is 13.7. The highest BCUT2D eigenvalue weighted by molar-refractivity contribution is 9.10. The van der Waals surface area contributed by atoms with Crippen molar-refractivity contribution in [2.24, 2.45) is 0 Å². The van der Waals surface area contributed by atoms with Crippen LogP contribution in [-0.2, 0) is 6.54 Å². The van der Waals surface area contributed by atoms with Gasteiger partial charge in [-0.15, -0.1) is 0 Å². The molecule has 0 saturated heterocycles. The smallest absolute Gasteiger partial charge is 0.268 e. The van der Waals surface area contributed by atoms with Gasteiger partial charge in [0.2, 0.25) is 0 Å². The third-order valence-corrected chi connectivity index (χ3v) is 3.62. The molecule has 0 fully saturated rings. The van der Waals surface area contributed by atoms with Crippen LogP contribution in [0.5, 0.6) is 5.75 Å². The van der Waals surface area contributed by atoms with Crippen LogP contribution in [0.1, 0.15) is 17.1 Å². The van der Waals surface area contributed by atoms with Crippen molar-refractivity contribution in [2.45, 2.75) is 20.4 Å². The molecule has 5 nitrogen and oxygen atoms in total. The normalized spacial score (nSPS) is 10.5. The monoisotopic (exact) mass is 323 g/mol. The van der Waals surface area contributed by atoms with Gasteiger partial charge in [-0.25, -0.2) is 4.98 Å². The van der Waals surface area contributed by atoms with Crippen molar-refractivity contribution >= 4 is 15.9 Å². The summed E-state index contributed by atoms with van der Waals surface area (Å²) in [5.74, 6) is 0.731. The maximum Gasteiger partial charge on any atom is 0.268 e. The number of aromatic nitrogens is 3. The summed E-state index contributed by atoms with van der Waals surface area (Å²) in [5.41, 5.74) is 2.17. The molecule has 0 aliphatic carbocycles. The lowest BCUT2D eigenvalue weighted by molar-refractivity contribution is 0.412. The average Bonchev–Trinajstić information content (AvgIpc) is 2.39. The summed E-state index contributed by atoms with van der Waals surface area (Å²) in [7, 11) is 1.61. The lowest BCUT2D eigenvalue weighted by atomic mass is 10.3. The molecule has 0 radical (unpaired) electrons. The minimum absolute atomic E-state index is 0.116. The summed E-state index contributed by atoms with van der Waals surface area (Å²) in [5, 5.41) is 0. The Morgan fingerprint density at radius 3 is 2.79 bits per heavy atom. The summed E-state index contributed by atoms with van der Waals surface area (Å²) >= 11 is 3.24. The Balaban J connectivity index is 2.39. The Morgan fingerprint density at radius 1 is 1.37 bits per heavy atom. The van der Waals surface area contributed by atoms with Gasteiger partial charge in [-0.05, 0) is 29.8 Å². The minimum atomic E-state index is -0.116. The predicted molar refractivity (Wildman–Crippen MR) is 75.6 cm³/mol. The van der Waals surface area contributed by atoms with E-state index in [1.165, 1.54) is 10.9 Å². The first-order chi connectivity index (χ1) is 9.01. The van der Waals surface area contributed by atoms with E-state index in [1.54, 1.807) is 14.0 Å². The number of aryl methyl sites for hydroxylation is 2. The molecular formula is C13H14BrN3O2. The fraction of sp³-hybridized carbons (Fsp3) is 0.308. The molecule has 2 aromatic rings. The molecular weight excluding hydrogens is 310 g/mol. The van der Waals surface area contributed by atoms with E-state index in [9.17, 15) is 4.79 Å². The van der Waals surface area contributed by atoms with Crippen molar-refractivity contribution < 1.29 is 4.74 Å². The van der Waals surface area contributed by atoms with E-state index < -0.39 is 0 Å². The van der Waals surface area contributed by atoms with Gasteiger partial charge in [-0.3, -0.25) is 14.3 Å². The second-order valence-corrected chi connectivity index (χ2v) is 5.01. The maximum absolute atomic E-state index is 12.1. The first-order valence-corrected chi connectivity index (χ1v) is 6.53. The third kappa shape index (κ3) is 3.01. The largest absolute Gasteiger partial charge is 0.497 e. The Kier molecular flexibility index (Phi) is 3.99. The molecule has 0 atom stereocenters. The fourth-order valence-corrected chi connectivity index (χ4v) is 2.07. The number of nitrogens with zero attached hydrogens (tertiary/aromatic N) is 3. The molecule has 0 aliphatic heterocycles. The average molecular weight is 324 g/mol. The predicted octanol–water partition coefficient (Wildman–Crippen LogP) is 2.07. The van der Waals surface area contributed by atoms with Crippen molar-refractivity contribution in [3.63, 3.8) is 0 Å². The van der Waals surface area contributed by atoms with Gasteiger partial charge in [0.25, 0.3) is 5.56 Å². The second kappa shape index (κ2) is 5.52. The van der Waals surface area contributed by atoms with Crippen molar-refractivity contribution in [1.82, 2.24) is 14.5 Å². The molecule has 0 unspecified atom stereocenters. The molecule has 0 bridgehead atoms. The van der Waals surface area contributed by atoms with Crippen molar-refractivity contribution in [2.75, 3.05) is 7.11 Å². The van der Waals surface area contributed by atoms with Crippen LogP contribution in [0.25, 0.3) is 0 Å². The molecule has 0 spiro atoms. The number of hydrogen-bond acceptors (Lipinski definition) is 4. The molecule has 6 heteroatoms. The van der Waals surface area contributed by atoms with Gasteiger partial charge in [0, 0.05) is 17.8 Å². The Morgan fingerprint density at radius 2 is 2.11 bits per heavy atom. The zero-order valence-electron chi connectivity index (χ0n) is 11.0. The molecule has 0 N–H and O–H groups in total. The van der Waals surface area contributed by atoms with Crippen molar-refractivity contribution in [3.05, 3.63) is 50.4 Å². The van der Waals surface area contributed by atoms with Gasteiger partial charge in [0.1, 0.15) is 10.2 Å². The molecule has 0 amide bonds. The molecule has 0 saturated carbocycles. The molecule has 2 aromatic heterocycles. The number of ether oxygens (including phenoxy) is 1. The number of halogens is 1. The molecule has 0 aliphatic rings. The zero-order chi connectivity index (χ0) is 14.0. The minimum Gasteiger partial charge on any atom is -0.497 e. The van der Waals surface area contributed by atoms with Crippen LogP contribution < -0.4 is 10.3 Å². The van der Waals surface area contributed by atoms with E-state index in [0.717, 1.165) is 17.1 Å². The first-order valence-electron chi connectivity index (χ1n) is 5.74. The van der Waals surface area contributed by atoms with Crippen LogP contribution >= 0.6 is 15.9 Å². The zero-order valence-corrected chi connectivity index (χ0v) is 12.6. The van der Waals surface area contributed by atoms with E-state index in [1.807, 2.05) is 19.1 Å². The van der Waals surface area contributed by atoms with Gasteiger partial charge in [0.05, 0.1) is 31.4 Å². The third-order valence-electron chi connectivity index (χ3n) is 2.71. The van der Waals surface area contributed by atoms with Gasteiger partial charge in [-0.1, -0.05) is 0 Å². The van der Waals surface area contributed by atoms with Crippen LogP contribution in [0.4, 0.5) is 0 Å². The highest BCUT2D eigenvalue weighted by Gasteiger charge is 2.07. The van der Waals surface area contributed by atoms with Crippen LogP contribution in [0.15, 0.2) is 27.7 Å². The molecule has 2 heterocycles. The lowest BCUT2D eigenvalue weighted by Crippen LogP contribution is -2.23. The summed E-state index contributed by atoms with van der Waals surface area (Å²) in [4.78, 5) is 20.6. The fourth-order valence-electron chi connectivity index (χ4n) is 1.74. The van der Waals surface area contributed by atoms with Crippen molar-refractivity contribution in [1.29, 1.82) is 0 Å². The molecule has 2 rings (SSSR count). The van der Waals surface area contributed by atoms with E-state index in [-0.39, 0.29) is 5.56 Å². The number of hydrogen-bond donors (Lipinski definition) is 0. The highest BCUT2D eigenvalue weighted by Crippen LogP contribution is 2.14. The van der Waals surface area contributed by atoms with E-state index in [4.69, 9.17) is 4.74 Å². The number of rotatable bonds is 3. The number of pyridine rings is 1. The van der Waals surface area contributed by atoms with E-state index >= 15 is 0 Å². The maximum atomic E-state index is 12.1. The summed E-state index contributed by atoms with van der Waals surface area (Å²) in [6.45, 7) is 4.03. The summed E-state index contributed by atoms with van der Waals surface area (Å²) in [6.07, 6.45) is 1.53. The van der Waals surface area contributed by atoms with Crippen LogP contribution in [-0.4, -0.2) is 21.6 Å². The van der Waals surface area contributed by atoms with Crippen LogP contribution in [0, 0.1) is 13.8 Å². The van der Waals surface area contributed by atoms with E-state index in [2.05, 4.69) is 25.9 Å². The Labute approximate surface area is 119 Å². The molecule has 100 valence electrons. The van der Waals surface area contributed by atoms with Gasteiger partial charge >= 0.3 is 0 Å². The van der Waals surface area contributed by atoms with Gasteiger partial charge in [0.15, 0.2) is 0 Å². The SMILES string of the molecule is COc1cc(C)nc(Cn2cnc(C)c(Br)c2=O)c1. The quantitative estimate of drug-likeness (QED) is 0.867. The Bertz CT molecular complexity index is 667. The summed E-state index contributed by atoms with van der Waals surface area (Å²) < 4.78 is 7.19. The molecule has 0 aromatic carbocycles. The highest BCUT2D eigenvalue weighted by atomic mass is 79.9. The number of methoxy groups -OCH3 is 1. The lowest BCUT2D eigenvalue weighted by Gasteiger charge is -2.09. The summed E-state index contributed by atoms with van der Waals surface area (Å²) in [6, 6.07) is 3.66. The standard InChI is InChI=1S/C13H14BrN3O2/c1-8-4-11(19-3)5-10(16-8)6-17-7-15-9(2)12(14)13(17)18/h4-5,7H,6H2,1-3H3. The molecule has 19 heavy (non-hydrogen) atoms. The van der Waals surface area contributed by atoms with Crippen LogP contribution in [0.2, 0.25) is 0 Å².